The lowest BCUT2D eigenvalue weighted by atomic mass is 10.0. The Morgan fingerprint density at radius 1 is 1.15 bits per heavy atom. The van der Waals surface area contributed by atoms with Crippen LogP contribution in [0, 0.1) is 0 Å². The normalized spacial score (nSPS) is 13.1. The van der Waals surface area contributed by atoms with Crippen molar-refractivity contribution in [3.8, 4) is 16.9 Å². The number of halogens is 1. The second-order valence-corrected chi connectivity index (χ2v) is 6.19. The Balaban J connectivity index is 2.08. The first-order valence-electron chi connectivity index (χ1n) is 8.75. The SMILES string of the molecule is CNC(NO)C(C)N(C)C(=O)c1ccc(-c2ccc(OCCF)cc2)cc1. The third-order valence-electron chi connectivity index (χ3n) is 4.53. The molecule has 27 heavy (non-hydrogen) atoms. The summed E-state index contributed by atoms with van der Waals surface area (Å²) in [6, 6.07) is 14.4. The average Bonchev–Trinajstić information content (AvgIpc) is 2.72. The number of carbonyl (C=O) groups is 1. The van der Waals surface area contributed by atoms with Gasteiger partial charge in [-0.3, -0.25) is 4.79 Å². The lowest BCUT2D eigenvalue weighted by Gasteiger charge is -2.31. The zero-order valence-electron chi connectivity index (χ0n) is 15.8. The first-order chi connectivity index (χ1) is 13.0. The molecule has 2 aromatic rings. The molecular formula is C20H26FN3O3. The van der Waals surface area contributed by atoms with Crippen LogP contribution in [0.3, 0.4) is 0 Å². The molecule has 3 N–H and O–H groups in total. The van der Waals surface area contributed by atoms with Gasteiger partial charge in [-0.2, -0.15) is 5.48 Å². The minimum Gasteiger partial charge on any atom is -0.491 e. The molecule has 0 heterocycles. The van der Waals surface area contributed by atoms with Gasteiger partial charge in [-0.25, -0.2) is 4.39 Å². The fourth-order valence-electron chi connectivity index (χ4n) is 2.73. The summed E-state index contributed by atoms with van der Waals surface area (Å²) in [5.41, 5.74) is 4.65. The van der Waals surface area contributed by atoms with Crippen molar-refractivity contribution in [2.75, 3.05) is 27.4 Å². The lowest BCUT2D eigenvalue weighted by molar-refractivity contribution is 0.0493. The number of hydrogen-bond donors (Lipinski definition) is 3. The number of ether oxygens (including phenoxy) is 1. The smallest absolute Gasteiger partial charge is 0.253 e. The quantitative estimate of drug-likeness (QED) is 0.464. The number of hydrogen-bond acceptors (Lipinski definition) is 5. The summed E-state index contributed by atoms with van der Waals surface area (Å²) in [4.78, 5) is 14.2. The van der Waals surface area contributed by atoms with Gasteiger partial charge in [0, 0.05) is 12.6 Å². The highest BCUT2D eigenvalue weighted by atomic mass is 19.1. The fourth-order valence-corrected chi connectivity index (χ4v) is 2.73. The molecule has 0 saturated carbocycles. The highest BCUT2D eigenvalue weighted by molar-refractivity contribution is 5.94. The molecule has 0 spiro atoms. The van der Waals surface area contributed by atoms with Gasteiger partial charge in [0.25, 0.3) is 5.91 Å². The number of rotatable bonds is 9. The predicted molar refractivity (Wildman–Crippen MR) is 103 cm³/mol. The second-order valence-electron chi connectivity index (χ2n) is 6.19. The average molecular weight is 375 g/mol. The molecule has 2 unspecified atom stereocenters. The van der Waals surface area contributed by atoms with E-state index in [1.807, 2.05) is 31.2 Å². The number of hydroxylamine groups is 1. The molecule has 0 aliphatic carbocycles. The van der Waals surface area contributed by atoms with Crippen LogP contribution in [-0.4, -0.2) is 55.6 Å². The van der Waals surface area contributed by atoms with Gasteiger partial charge < -0.3 is 20.2 Å². The number of amides is 1. The maximum absolute atomic E-state index is 12.7. The topological polar surface area (TPSA) is 73.8 Å². The molecule has 0 aliphatic heterocycles. The van der Waals surface area contributed by atoms with Crippen LogP contribution >= 0.6 is 0 Å². The minimum absolute atomic E-state index is 0.0440. The van der Waals surface area contributed by atoms with Gasteiger partial charge in [-0.05, 0) is 49.4 Å². The maximum atomic E-state index is 12.7. The molecule has 0 saturated heterocycles. The third kappa shape index (κ3) is 5.26. The maximum Gasteiger partial charge on any atom is 0.253 e. The van der Waals surface area contributed by atoms with Crippen molar-refractivity contribution in [1.82, 2.24) is 15.7 Å². The van der Waals surface area contributed by atoms with E-state index in [9.17, 15) is 9.18 Å². The third-order valence-corrected chi connectivity index (χ3v) is 4.53. The van der Waals surface area contributed by atoms with Crippen LogP contribution in [0.4, 0.5) is 4.39 Å². The fraction of sp³-hybridized carbons (Fsp3) is 0.350. The van der Waals surface area contributed by atoms with Gasteiger partial charge in [0.1, 0.15) is 25.2 Å². The van der Waals surface area contributed by atoms with E-state index in [1.54, 1.807) is 43.3 Å². The molecule has 0 aromatic heterocycles. The molecule has 0 aliphatic rings. The molecule has 1 amide bonds. The van der Waals surface area contributed by atoms with Crippen molar-refractivity contribution in [2.24, 2.45) is 0 Å². The van der Waals surface area contributed by atoms with E-state index in [0.717, 1.165) is 11.1 Å². The van der Waals surface area contributed by atoms with Crippen LogP contribution in [0.5, 0.6) is 5.75 Å². The molecule has 2 aromatic carbocycles. The Labute approximate surface area is 158 Å². The van der Waals surface area contributed by atoms with Crippen molar-refractivity contribution in [1.29, 1.82) is 0 Å². The number of likely N-dealkylation sites (N-methyl/N-ethyl adjacent to an activating group) is 2. The Morgan fingerprint density at radius 2 is 1.70 bits per heavy atom. The molecular weight excluding hydrogens is 349 g/mol. The van der Waals surface area contributed by atoms with Gasteiger partial charge in [-0.1, -0.05) is 24.3 Å². The molecule has 6 nitrogen and oxygen atoms in total. The number of benzene rings is 2. The van der Waals surface area contributed by atoms with Crippen molar-refractivity contribution in [2.45, 2.75) is 19.1 Å². The van der Waals surface area contributed by atoms with E-state index in [-0.39, 0.29) is 18.6 Å². The number of nitrogens with one attached hydrogen (secondary N) is 2. The first-order valence-corrected chi connectivity index (χ1v) is 8.75. The minimum atomic E-state index is -0.520. The van der Waals surface area contributed by atoms with Gasteiger partial charge in [0.2, 0.25) is 0 Å². The Kier molecular flexibility index (Phi) is 7.72. The molecule has 0 fully saturated rings. The van der Waals surface area contributed by atoms with Crippen LogP contribution in [-0.2, 0) is 0 Å². The molecule has 0 radical (unpaired) electrons. The summed E-state index contributed by atoms with van der Waals surface area (Å²) < 4.78 is 17.4. The van der Waals surface area contributed by atoms with Gasteiger partial charge >= 0.3 is 0 Å². The molecule has 7 heteroatoms. The summed E-state index contributed by atoms with van der Waals surface area (Å²) in [6.07, 6.45) is -0.434. The molecule has 2 atom stereocenters. The first kappa shape index (κ1) is 20.8. The van der Waals surface area contributed by atoms with Crippen LogP contribution in [0.15, 0.2) is 48.5 Å². The van der Waals surface area contributed by atoms with Gasteiger partial charge in [0.05, 0.1) is 6.04 Å². The monoisotopic (exact) mass is 375 g/mol. The van der Waals surface area contributed by atoms with Crippen molar-refractivity contribution >= 4 is 5.91 Å². The molecule has 2 rings (SSSR count). The van der Waals surface area contributed by atoms with Crippen molar-refractivity contribution in [3.63, 3.8) is 0 Å². The standard InChI is InChI=1S/C20H26FN3O3/c1-14(19(22-2)23-26)24(3)20(25)17-6-4-15(5-7-17)16-8-10-18(11-9-16)27-13-12-21/h4-11,14,19,22-23,26H,12-13H2,1-3H3. The summed E-state index contributed by atoms with van der Waals surface area (Å²) in [7, 11) is 3.39. The highest BCUT2D eigenvalue weighted by Crippen LogP contribution is 2.23. The number of carbonyl (C=O) groups excluding carboxylic acids is 1. The molecule has 0 bridgehead atoms. The highest BCUT2D eigenvalue weighted by Gasteiger charge is 2.23. The van der Waals surface area contributed by atoms with Gasteiger partial charge in [0.15, 0.2) is 0 Å². The number of nitrogens with zero attached hydrogens (tertiary/aromatic N) is 1. The van der Waals surface area contributed by atoms with E-state index in [4.69, 9.17) is 9.94 Å². The Bertz CT molecular complexity index is 718. The van der Waals surface area contributed by atoms with Crippen molar-refractivity contribution < 1.29 is 19.1 Å². The van der Waals surface area contributed by atoms with E-state index in [2.05, 4.69) is 10.8 Å². The summed E-state index contributed by atoms with van der Waals surface area (Å²) in [5.74, 6) is 0.481. The Morgan fingerprint density at radius 3 is 2.19 bits per heavy atom. The summed E-state index contributed by atoms with van der Waals surface area (Å²) in [5, 5.41) is 12.0. The zero-order chi connectivity index (χ0) is 19.8. The van der Waals surface area contributed by atoms with Crippen LogP contribution in [0.1, 0.15) is 17.3 Å². The second kappa shape index (κ2) is 10.0. The van der Waals surface area contributed by atoms with E-state index in [0.29, 0.717) is 11.3 Å². The van der Waals surface area contributed by atoms with Crippen LogP contribution in [0.25, 0.3) is 11.1 Å². The van der Waals surface area contributed by atoms with E-state index in [1.165, 1.54) is 0 Å². The number of alkyl halides is 1. The summed E-state index contributed by atoms with van der Waals surface area (Å²) in [6.45, 7) is 1.36. The zero-order valence-corrected chi connectivity index (χ0v) is 15.8. The summed E-state index contributed by atoms with van der Waals surface area (Å²) >= 11 is 0. The molecule has 146 valence electrons. The van der Waals surface area contributed by atoms with Gasteiger partial charge in [-0.15, -0.1) is 0 Å². The lowest BCUT2D eigenvalue weighted by Crippen LogP contribution is -2.54. The largest absolute Gasteiger partial charge is 0.491 e. The Hall–Kier alpha value is -2.48. The van der Waals surface area contributed by atoms with E-state index >= 15 is 0 Å². The van der Waals surface area contributed by atoms with Crippen LogP contribution in [0.2, 0.25) is 0 Å². The van der Waals surface area contributed by atoms with Crippen molar-refractivity contribution in [3.05, 3.63) is 54.1 Å². The predicted octanol–water partition coefficient (Wildman–Crippen LogP) is 2.69. The van der Waals surface area contributed by atoms with Crippen LogP contribution < -0.4 is 15.5 Å². The van der Waals surface area contributed by atoms with E-state index < -0.39 is 12.8 Å².